The van der Waals surface area contributed by atoms with Gasteiger partial charge < -0.3 is 24.4 Å². The number of nitrogens with zero attached hydrogens (tertiary/aromatic N) is 7. The zero-order valence-electron chi connectivity index (χ0n) is 20.0. The molecule has 2 aliphatic rings. The number of aromatic nitrogens is 5. The lowest BCUT2D eigenvalue weighted by atomic mass is 10.2. The van der Waals surface area contributed by atoms with Crippen molar-refractivity contribution in [3.05, 3.63) is 55.0 Å². The molecule has 2 fully saturated rings. The standard InChI is InChI=1S/C26H28N8O2/c35-22-7-4-10-33(22)11-12-34-18-28-23-25(29-20-5-2-1-3-6-20)30-24(31-26(23)34)19-8-9-21(27-17-19)32-13-15-36-16-14-32/h1-3,5-6,8-9,17-18H,4,7,10-16H2,(H,29,30,31). The molecule has 184 valence electrons. The molecule has 0 spiro atoms. The number of hydrogen-bond donors (Lipinski definition) is 1. The van der Waals surface area contributed by atoms with Crippen LogP contribution in [0.2, 0.25) is 0 Å². The number of ether oxygens (including phenoxy) is 1. The topological polar surface area (TPSA) is 101 Å². The van der Waals surface area contributed by atoms with Gasteiger partial charge in [0.15, 0.2) is 22.8 Å². The summed E-state index contributed by atoms with van der Waals surface area (Å²) < 4.78 is 7.45. The normalized spacial score (nSPS) is 16.2. The van der Waals surface area contributed by atoms with Crippen LogP contribution in [0, 0.1) is 0 Å². The fourth-order valence-corrected chi connectivity index (χ4v) is 4.65. The van der Waals surface area contributed by atoms with Crippen LogP contribution in [0.5, 0.6) is 0 Å². The molecule has 0 unspecified atom stereocenters. The maximum absolute atomic E-state index is 12.1. The minimum absolute atomic E-state index is 0.215. The molecule has 4 aromatic rings. The summed E-state index contributed by atoms with van der Waals surface area (Å²) >= 11 is 0. The summed E-state index contributed by atoms with van der Waals surface area (Å²) in [5, 5.41) is 3.40. The van der Waals surface area contributed by atoms with E-state index >= 15 is 0 Å². The summed E-state index contributed by atoms with van der Waals surface area (Å²) in [6, 6.07) is 13.9. The number of anilines is 3. The molecule has 2 saturated heterocycles. The first-order valence-electron chi connectivity index (χ1n) is 12.4. The number of pyridine rings is 1. The average molecular weight is 485 g/mol. The van der Waals surface area contributed by atoms with Crippen molar-refractivity contribution in [2.45, 2.75) is 19.4 Å². The van der Waals surface area contributed by atoms with E-state index in [1.54, 1.807) is 6.33 Å². The molecule has 0 radical (unpaired) electrons. The van der Waals surface area contributed by atoms with Crippen LogP contribution in [-0.4, -0.2) is 74.7 Å². The molecule has 1 amide bonds. The number of hydrogen-bond acceptors (Lipinski definition) is 8. The Morgan fingerprint density at radius 2 is 1.81 bits per heavy atom. The summed E-state index contributed by atoms with van der Waals surface area (Å²) in [5.74, 6) is 2.34. The van der Waals surface area contributed by atoms with E-state index in [0.29, 0.717) is 49.9 Å². The van der Waals surface area contributed by atoms with Gasteiger partial charge in [-0.15, -0.1) is 0 Å². The van der Waals surface area contributed by atoms with Gasteiger partial charge in [0.05, 0.1) is 19.5 Å². The number of imidazole rings is 1. The smallest absolute Gasteiger partial charge is 0.222 e. The third kappa shape index (κ3) is 4.59. The Bertz CT molecular complexity index is 1350. The van der Waals surface area contributed by atoms with Crippen molar-refractivity contribution in [3.63, 3.8) is 0 Å². The van der Waals surface area contributed by atoms with Gasteiger partial charge in [0.1, 0.15) is 5.82 Å². The Hall–Kier alpha value is -4.05. The van der Waals surface area contributed by atoms with Crippen LogP contribution in [0.3, 0.4) is 0 Å². The summed E-state index contributed by atoms with van der Waals surface area (Å²) in [7, 11) is 0. The van der Waals surface area contributed by atoms with Crippen LogP contribution in [-0.2, 0) is 16.1 Å². The van der Waals surface area contributed by atoms with Crippen LogP contribution in [0.4, 0.5) is 17.3 Å². The molecule has 10 heteroatoms. The van der Waals surface area contributed by atoms with Crippen LogP contribution in [0.1, 0.15) is 12.8 Å². The first-order valence-corrected chi connectivity index (χ1v) is 12.4. The average Bonchev–Trinajstić information content (AvgIpc) is 3.54. The van der Waals surface area contributed by atoms with Gasteiger partial charge >= 0.3 is 0 Å². The highest BCUT2D eigenvalue weighted by atomic mass is 16.5. The predicted octanol–water partition coefficient (Wildman–Crippen LogP) is 3.09. The molecule has 6 rings (SSSR count). The molecule has 0 atom stereocenters. The van der Waals surface area contributed by atoms with E-state index in [-0.39, 0.29) is 5.91 Å². The molecule has 36 heavy (non-hydrogen) atoms. The molecule has 10 nitrogen and oxygen atoms in total. The lowest BCUT2D eigenvalue weighted by Crippen LogP contribution is -2.36. The summed E-state index contributed by atoms with van der Waals surface area (Å²) in [6.07, 6.45) is 5.16. The van der Waals surface area contributed by atoms with E-state index in [2.05, 4.69) is 20.2 Å². The van der Waals surface area contributed by atoms with Gasteiger partial charge in [-0.3, -0.25) is 4.79 Å². The number of nitrogens with one attached hydrogen (secondary N) is 1. The quantitative estimate of drug-likeness (QED) is 0.427. The van der Waals surface area contributed by atoms with E-state index in [1.165, 1.54) is 0 Å². The van der Waals surface area contributed by atoms with Gasteiger partial charge in [-0.1, -0.05) is 18.2 Å². The van der Waals surface area contributed by atoms with Crippen molar-refractivity contribution in [3.8, 4) is 11.4 Å². The van der Waals surface area contributed by atoms with Crippen LogP contribution < -0.4 is 10.2 Å². The van der Waals surface area contributed by atoms with Crippen molar-refractivity contribution < 1.29 is 9.53 Å². The van der Waals surface area contributed by atoms with Gasteiger partial charge in [-0.25, -0.2) is 19.9 Å². The molecule has 5 heterocycles. The Kier molecular flexibility index (Phi) is 6.17. The number of fused-ring (bicyclic) bond motifs is 1. The molecular formula is C26H28N8O2. The Balaban J connectivity index is 1.34. The number of amides is 1. The molecule has 3 aromatic heterocycles. The lowest BCUT2D eigenvalue weighted by Gasteiger charge is -2.27. The van der Waals surface area contributed by atoms with Gasteiger partial charge in [-0.05, 0) is 30.7 Å². The Morgan fingerprint density at radius 1 is 0.944 bits per heavy atom. The van der Waals surface area contributed by atoms with E-state index < -0.39 is 0 Å². The van der Waals surface area contributed by atoms with Crippen molar-refractivity contribution in [2.24, 2.45) is 0 Å². The van der Waals surface area contributed by atoms with Crippen molar-refractivity contribution >= 4 is 34.4 Å². The highest BCUT2D eigenvalue weighted by molar-refractivity contribution is 5.87. The van der Waals surface area contributed by atoms with E-state index in [9.17, 15) is 4.79 Å². The first kappa shape index (κ1) is 22.4. The number of carbonyl (C=O) groups excluding carboxylic acids is 1. The van der Waals surface area contributed by atoms with E-state index in [0.717, 1.165) is 48.8 Å². The van der Waals surface area contributed by atoms with E-state index in [4.69, 9.17) is 14.7 Å². The number of benzene rings is 1. The number of carbonyl (C=O) groups is 1. The number of morpholine rings is 1. The third-order valence-electron chi connectivity index (χ3n) is 6.62. The highest BCUT2D eigenvalue weighted by Gasteiger charge is 2.21. The van der Waals surface area contributed by atoms with Gasteiger partial charge in [0.2, 0.25) is 5.91 Å². The number of rotatable bonds is 7. The molecule has 1 aromatic carbocycles. The highest BCUT2D eigenvalue weighted by Crippen LogP contribution is 2.27. The molecule has 0 saturated carbocycles. The van der Waals surface area contributed by atoms with Gasteiger partial charge in [-0.2, -0.15) is 0 Å². The Morgan fingerprint density at radius 3 is 2.56 bits per heavy atom. The van der Waals surface area contributed by atoms with Crippen LogP contribution in [0.15, 0.2) is 55.0 Å². The number of para-hydroxylation sites is 1. The first-order chi connectivity index (χ1) is 17.7. The molecule has 0 bridgehead atoms. The zero-order chi connectivity index (χ0) is 24.3. The fraction of sp³-hybridized carbons (Fsp3) is 0.346. The maximum atomic E-state index is 12.1. The van der Waals surface area contributed by atoms with Crippen molar-refractivity contribution in [1.82, 2.24) is 29.4 Å². The third-order valence-corrected chi connectivity index (χ3v) is 6.62. The minimum Gasteiger partial charge on any atom is -0.378 e. The van der Waals surface area contributed by atoms with E-state index in [1.807, 2.05) is 58.1 Å². The Labute approximate surface area is 209 Å². The predicted molar refractivity (Wildman–Crippen MR) is 137 cm³/mol. The largest absolute Gasteiger partial charge is 0.378 e. The van der Waals surface area contributed by atoms with Crippen LogP contribution in [0.25, 0.3) is 22.6 Å². The maximum Gasteiger partial charge on any atom is 0.222 e. The second-order valence-electron chi connectivity index (χ2n) is 8.99. The molecule has 1 N–H and O–H groups in total. The summed E-state index contributed by atoms with van der Waals surface area (Å²) in [5.41, 5.74) is 3.16. The number of likely N-dealkylation sites (tertiary alicyclic amines) is 1. The fourth-order valence-electron chi connectivity index (χ4n) is 4.65. The monoisotopic (exact) mass is 484 g/mol. The minimum atomic E-state index is 0.215. The van der Waals surface area contributed by atoms with Gasteiger partial charge in [0.25, 0.3) is 0 Å². The second kappa shape index (κ2) is 9.90. The molecular weight excluding hydrogens is 456 g/mol. The second-order valence-corrected chi connectivity index (χ2v) is 8.99. The van der Waals surface area contributed by atoms with Crippen LogP contribution >= 0.6 is 0 Å². The lowest BCUT2D eigenvalue weighted by molar-refractivity contribution is -0.127. The molecule has 0 aliphatic carbocycles. The zero-order valence-corrected chi connectivity index (χ0v) is 20.0. The molecule has 2 aliphatic heterocycles. The summed E-state index contributed by atoms with van der Waals surface area (Å²) in [4.78, 5) is 35.2. The van der Waals surface area contributed by atoms with Crippen molar-refractivity contribution in [1.29, 1.82) is 0 Å². The SMILES string of the molecule is O=C1CCCN1CCn1cnc2c(Nc3ccccc3)nc(-c3ccc(N4CCOCC4)nc3)nc21. The van der Waals surface area contributed by atoms with Crippen molar-refractivity contribution in [2.75, 3.05) is 49.6 Å². The summed E-state index contributed by atoms with van der Waals surface area (Å²) in [6.45, 7) is 5.17. The van der Waals surface area contributed by atoms with Gasteiger partial charge in [0, 0.05) is 56.6 Å².